The number of likely N-dealkylation sites (N-methyl/N-ethyl adjacent to an activating group) is 1. The molecule has 0 bridgehead atoms. The molecule has 1 aliphatic heterocycles. The molecule has 0 unspecified atom stereocenters. The Labute approximate surface area is 169 Å². The number of nitrogens with one attached hydrogen (secondary N) is 1. The summed E-state index contributed by atoms with van der Waals surface area (Å²) >= 11 is 6.20. The standard InChI is InChI=1S/C22H24ClN3O2/c1-15-17-7-5-8-18(23)21(17)28-20(15)22(27)24-14-16-6-3-4-9-19(16)26-12-10-25(2)11-13-26/h3-9H,10-14H2,1-2H3,(H,24,27). The number of nitrogens with zero attached hydrogens (tertiary/aromatic N) is 2. The van der Waals surface area contributed by atoms with Gasteiger partial charge in [-0.2, -0.15) is 0 Å². The average molecular weight is 398 g/mol. The first-order chi connectivity index (χ1) is 13.5. The highest BCUT2D eigenvalue weighted by Gasteiger charge is 2.20. The summed E-state index contributed by atoms with van der Waals surface area (Å²) in [6.07, 6.45) is 0. The summed E-state index contributed by atoms with van der Waals surface area (Å²) in [5.74, 6) is 0.0955. The van der Waals surface area contributed by atoms with Gasteiger partial charge in [0.1, 0.15) is 0 Å². The van der Waals surface area contributed by atoms with Gasteiger partial charge in [-0.3, -0.25) is 4.79 Å². The summed E-state index contributed by atoms with van der Waals surface area (Å²) in [4.78, 5) is 17.5. The summed E-state index contributed by atoms with van der Waals surface area (Å²) in [7, 11) is 2.14. The fourth-order valence-corrected chi connectivity index (χ4v) is 3.91. The van der Waals surface area contributed by atoms with Crippen LogP contribution in [0.4, 0.5) is 5.69 Å². The van der Waals surface area contributed by atoms with Gasteiger partial charge in [0.25, 0.3) is 5.91 Å². The Morgan fingerprint density at radius 1 is 1.11 bits per heavy atom. The van der Waals surface area contributed by atoms with Crippen molar-refractivity contribution in [3.63, 3.8) is 0 Å². The predicted octanol–water partition coefficient (Wildman–Crippen LogP) is 4.08. The number of furan rings is 1. The van der Waals surface area contributed by atoms with Crippen LogP contribution in [-0.2, 0) is 6.54 Å². The van der Waals surface area contributed by atoms with Gasteiger partial charge in [-0.1, -0.05) is 41.9 Å². The first-order valence-electron chi connectivity index (χ1n) is 9.52. The second kappa shape index (κ2) is 7.86. The predicted molar refractivity (Wildman–Crippen MR) is 113 cm³/mol. The van der Waals surface area contributed by atoms with Gasteiger partial charge in [0, 0.05) is 49.4 Å². The van der Waals surface area contributed by atoms with Crippen LogP contribution in [0.15, 0.2) is 46.9 Å². The lowest BCUT2D eigenvalue weighted by atomic mass is 10.1. The van der Waals surface area contributed by atoms with Gasteiger partial charge in [-0.25, -0.2) is 0 Å². The van der Waals surface area contributed by atoms with Gasteiger partial charge in [0.15, 0.2) is 11.3 Å². The van der Waals surface area contributed by atoms with Gasteiger partial charge < -0.3 is 19.5 Å². The molecular formula is C22H24ClN3O2. The van der Waals surface area contributed by atoms with Crippen molar-refractivity contribution in [3.05, 3.63) is 64.4 Å². The molecule has 1 aliphatic rings. The van der Waals surface area contributed by atoms with Crippen LogP contribution < -0.4 is 10.2 Å². The minimum atomic E-state index is -0.224. The molecule has 5 nitrogen and oxygen atoms in total. The highest BCUT2D eigenvalue weighted by Crippen LogP contribution is 2.30. The molecule has 0 atom stereocenters. The average Bonchev–Trinajstić information content (AvgIpc) is 3.05. The molecule has 2 heterocycles. The molecule has 1 saturated heterocycles. The molecule has 146 valence electrons. The zero-order valence-electron chi connectivity index (χ0n) is 16.2. The van der Waals surface area contributed by atoms with E-state index in [4.69, 9.17) is 16.0 Å². The van der Waals surface area contributed by atoms with Crippen molar-refractivity contribution in [2.24, 2.45) is 0 Å². The SMILES string of the molecule is Cc1c(C(=O)NCc2ccccc2N2CCN(C)CC2)oc2c(Cl)cccc12. The number of anilines is 1. The van der Waals surface area contributed by atoms with Crippen molar-refractivity contribution >= 4 is 34.2 Å². The third-order valence-corrected chi connectivity index (χ3v) is 5.69. The number of piperazine rings is 1. The van der Waals surface area contributed by atoms with Crippen molar-refractivity contribution in [1.82, 2.24) is 10.2 Å². The number of hydrogen-bond donors (Lipinski definition) is 1. The fraction of sp³-hybridized carbons (Fsp3) is 0.318. The van der Waals surface area contributed by atoms with Crippen LogP contribution in [0.1, 0.15) is 21.7 Å². The van der Waals surface area contributed by atoms with E-state index in [-0.39, 0.29) is 5.91 Å². The van der Waals surface area contributed by atoms with E-state index in [9.17, 15) is 4.79 Å². The topological polar surface area (TPSA) is 48.7 Å². The Bertz CT molecular complexity index is 1010. The van der Waals surface area contributed by atoms with Crippen molar-refractivity contribution in [3.8, 4) is 0 Å². The van der Waals surface area contributed by atoms with Crippen LogP contribution in [0.5, 0.6) is 0 Å². The lowest BCUT2D eigenvalue weighted by Crippen LogP contribution is -2.45. The van der Waals surface area contributed by atoms with Crippen LogP contribution in [0.25, 0.3) is 11.0 Å². The number of rotatable bonds is 4. The molecule has 1 N–H and O–H groups in total. The van der Waals surface area contributed by atoms with E-state index in [0.717, 1.165) is 42.7 Å². The molecule has 0 aliphatic carbocycles. The van der Waals surface area contributed by atoms with E-state index in [1.165, 1.54) is 5.69 Å². The first-order valence-corrected chi connectivity index (χ1v) is 9.89. The molecule has 1 fully saturated rings. The molecule has 6 heteroatoms. The summed E-state index contributed by atoms with van der Waals surface area (Å²) in [6, 6.07) is 13.8. The number of hydrogen-bond acceptors (Lipinski definition) is 4. The van der Waals surface area contributed by atoms with Crippen molar-refractivity contribution in [2.75, 3.05) is 38.1 Å². The first kappa shape index (κ1) is 18.8. The zero-order valence-corrected chi connectivity index (χ0v) is 16.9. The molecule has 28 heavy (non-hydrogen) atoms. The zero-order chi connectivity index (χ0) is 19.7. The Balaban J connectivity index is 1.52. The number of fused-ring (bicyclic) bond motifs is 1. The van der Waals surface area contributed by atoms with Crippen molar-refractivity contribution in [1.29, 1.82) is 0 Å². The van der Waals surface area contributed by atoms with Crippen LogP contribution in [-0.4, -0.2) is 44.0 Å². The van der Waals surface area contributed by atoms with Crippen LogP contribution in [0, 0.1) is 6.92 Å². The molecule has 0 spiro atoms. The van der Waals surface area contributed by atoms with Crippen molar-refractivity contribution in [2.45, 2.75) is 13.5 Å². The van der Waals surface area contributed by atoms with Gasteiger partial charge in [-0.05, 0) is 31.7 Å². The van der Waals surface area contributed by atoms with Crippen LogP contribution in [0.2, 0.25) is 5.02 Å². The quantitative estimate of drug-likeness (QED) is 0.720. The van der Waals surface area contributed by atoms with Gasteiger partial charge in [0.05, 0.1) is 5.02 Å². The highest BCUT2D eigenvalue weighted by atomic mass is 35.5. The van der Waals surface area contributed by atoms with E-state index in [0.29, 0.717) is 22.9 Å². The molecule has 0 radical (unpaired) electrons. The largest absolute Gasteiger partial charge is 0.449 e. The van der Waals surface area contributed by atoms with Crippen molar-refractivity contribution < 1.29 is 9.21 Å². The van der Waals surface area contributed by atoms with Gasteiger partial charge in [0.2, 0.25) is 0 Å². The molecule has 0 saturated carbocycles. The number of aryl methyl sites for hydroxylation is 1. The fourth-order valence-electron chi connectivity index (χ4n) is 3.70. The lowest BCUT2D eigenvalue weighted by molar-refractivity contribution is 0.0924. The number of carbonyl (C=O) groups is 1. The normalized spacial score (nSPS) is 15.2. The lowest BCUT2D eigenvalue weighted by Gasteiger charge is -2.35. The number of carbonyl (C=O) groups excluding carboxylic acids is 1. The monoisotopic (exact) mass is 397 g/mol. The van der Waals surface area contributed by atoms with Gasteiger partial charge >= 0.3 is 0 Å². The van der Waals surface area contributed by atoms with E-state index in [2.05, 4.69) is 34.3 Å². The molecule has 1 aromatic heterocycles. The van der Waals surface area contributed by atoms with Crippen LogP contribution in [0.3, 0.4) is 0 Å². The Hall–Kier alpha value is -2.50. The van der Waals surface area contributed by atoms with Crippen LogP contribution >= 0.6 is 11.6 Å². The summed E-state index contributed by atoms with van der Waals surface area (Å²) in [5.41, 5.74) is 3.65. The maximum atomic E-state index is 12.8. The molecule has 3 aromatic rings. The summed E-state index contributed by atoms with van der Waals surface area (Å²) in [5, 5.41) is 4.40. The maximum Gasteiger partial charge on any atom is 0.287 e. The van der Waals surface area contributed by atoms with E-state index in [1.54, 1.807) is 6.07 Å². The Morgan fingerprint density at radius 3 is 2.61 bits per heavy atom. The van der Waals surface area contributed by atoms with E-state index >= 15 is 0 Å². The molecule has 4 rings (SSSR count). The van der Waals surface area contributed by atoms with E-state index in [1.807, 2.05) is 31.2 Å². The number of benzene rings is 2. The maximum absolute atomic E-state index is 12.8. The highest BCUT2D eigenvalue weighted by molar-refractivity contribution is 6.35. The minimum absolute atomic E-state index is 0.224. The van der Waals surface area contributed by atoms with Gasteiger partial charge in [-0.15, -0.1) is 0 Å². The summed E-state index contributed by atoms with van der Waals surface area (Å²) < 4.78 is 5.78. The third kappa shape index (κ3) is 3.60. The Morgan fingerprint density at radius 2 is 1.86 bits per heavy atom. The number of para-hydroxylation sites is 2. The second-order valence-corrected chi connectivity index (χ2v) is 7.68. The minimum Gasteiger partial charge on any atom is -0.449 e. The Kier molecular flexibility index (Phi) is 5.29. The summed E-state index contributed by atoms with van der Waals surface area (Å²) in [6.45, 7) is 6.39. The van der Waals surface area contributed by atoms with E-state index < -0.39 is 0 Å². The number of amides is 1. The molecule has 2 aromatic carbocycles. The second-order valence-electron chi connectivity index (χ2n) is 7.27. The molecule has 1 amide bonds. The number of halogens is 1. The molecular weight excluding hydrogens is 374 g/mol. The smallest absolute Gasteiger partial charge is 0.287 e. The third-order valence-electron chi connectivity index (χ3n) is 5.40.